The molecule has 0 N–H and O–H groups in total. The highest BCUT2D eigenvalue weighted by Gasteiger charge is 2.11. The zero-order chi connectivity index (χ0) is 11.5. The average molecular weight is 218 g/mol. The fourth-order valence-corrected chi connectivity index (χ4v) is 1.16. The molecule has 2 rings (SSSR count). The quantitative estimate of drug-likeness (QED) is 0.768. The van der Waals surface area contributed by atoms with Gasteiger partial charge in [-0.3, -0.25) is 4.68 Å². The fourth-order valence-electron chi connectivity index (χ4n) is 1.16. The standard InChI is InChI=1S/C10H7FN4O/c1-15-6-13-10(14-15)16-9-4-2-3-8(11)7(9)5-12/h2-4,6H,1H3. The smallest absolute Gasteiger partial charge is 0.341 e. The minimum Gasteiger partial charge on any atom is -0.422 e. The van der Waals surface area contributed by atoms with Crippen molar-refractivity contribution in [1.29, 1.82) is 5.26 Å². The summed E-state index contributed by atoms with van der Waals surface area (Å²) < 4.78 is 19.9. The van der Waals surface area contributed by atoms with Gasteiger partial charge in [-0.2, -0.15) is 10.2 Å². The van der Waals surface area contributed by atoms with Gasteiger partial charge in [0.1, 0.15) is 23.8 Å². The van der Waals surface area contributed by atoms with E-state index in [1.807, 2.05) is 0 Å². The maximum Gasteiger partial charge on any atom is 0.341 e. The molecule has 0 aliphatic heterocycles. The molecule has 1 aromatic carbocycles. The summed E-state index contributed by atoms with van der Waals surface area (Å²) in [7, 11) is 1.68. The van der Waals surface area contributed by atoms with Gasteiger partial charge in [0.25, 0.3) is 0 Å². The van der Waals surface area contributed by atoms with E-state index < -0.39 is 5.82 Å². The summed E-state index contributed by atoms with van der Waals surface area (Å²) in [6.07, 6.45) is 1.45. The summed E-state index contributed by atoms with van der Waals surface area (Å²) in [5.74, 6) is -0.523. The van der Waals surface area contributed by atoms with E-state index in [4.69, 9.17) is 10.00 Å². The summed E-state index contributed by atoms with van der Waals surface area (Å²) in [6, 6.07) is 5.93. The third kappa shape index (κ3) is 1.83. The van der Waals surface area contributed by atoms with E-state index in [0.717, 1.165) is 0 Å². The van der Waals surface area contributed by atoms with Crippen LogP contribution in [0.2, 0.25) is 0 Å². The molecule has 16 heavy (non-hydrogen) atoms. The van der Waals surface area contributed by atoms with Crippen LogP contribution < -0.4 is 4.74 Å². The molecule has 2 aromatic rings. The number of rotatable bonds is 2. The van der Waals surface area contributed by atoms with Crippen LogP contribution in [0.5, 0.6) is 11.8 Å². The van der Waals surface area contributed by atoms with Crippen molar-refractivity contribution in [1.82, 2.24) is 14.8 Å². The molecule has 1 aromatic heterocycles. The van der Waals surface area contributed by atoms with Crippen molar-refractivity contribution in [3.05, 3.63) is 35.9 Å². The lowest BCUT2D eigenvalue weighted by molar-refractivity contribution is 0.433. The monoisotopic (exact) mass is 218 g/mol. The van der Waals surface area contributed by atoms with Crippen LogP contribution in [-0.4, -0.2) is 14.8 Å². The van der Waals surface area contributed by atoms with Crippen molar-refractivity contribution in [2.24, 2.45) is 7.05 Å². The first-order chi connectivity index (χ1) is 7.70. The molecule has 0 radical (unpaired) electrons. The molecule has 0 fully saturated rings. The first-order valence-electron chi connectivity index (χ1n) is 4.43. The molecule has 0 spiro atoms. The molecule has 0 saturated carbocycles. The van der Waals surface area contributed by atoms with Crippen molar-refractivity contribution in [2.45, 2.75) is 0 Å². The third-order valence-electron chi connectivity index (χ3n) is 1.87. The van der Waals surface area contributed by atoms with Crippen LogP contribution in [0.4, 0.5) is 4.39 Å². The van der Waals surface area contributed by atoms with E-state index in [0.29, 0.717) is 0 Å². The number of halogens is 1. The van der Waals surface area contributed by atoms with Crippen LogP contribution in [0.25, 0.3) is 0 Å². The van der Waals surface area contributed by atoms with E-state index in [2.05, 4.69) is 10.1 Å². The Balaban J connectivity index is 2.35. The largest absolute Gasteiger partial charge is 0.422 e. The second-order valence-corrected chi connectivity index (χ2v) is 3.03. The topological polar surface area (TPSA) is 63.7 Å². The Hall–Kier alpha value is -2.42. The number of nitrogens with zero attached hydrogens (tertiary/aromatic N) is 4. The number of ether oxygens (including phenoxy) is 1. The summed E-state index contributed by atoms with van der Waals surface area (Å²) in [4.78, 5) is 3.81. The van der Waals surface area contributed by atoms with Crippen molar-refractivity contribution in [2.75, 3.05) is 0 Å². The summed E-state index contributed by atoms with van der Waals surface area (Å²) in [5.41, 5.74) is -0.157. The van der Waals surface area contributed by atoms with Crippen LogP contribution in [-0.2, 0) is 7.05 Å². The van der Waals surface area contributed by atoms with Gasteiger partial charge in [-0.1, -0.05) is 6.07 Å². The predicted octanol–water partition coefficient (Wildman–Crippen LogP) is 1.62. The van der Waals surface area contributed by atoms with Crippen LogP contribution >= 0.6 is 0 Å². The van der Waals surface area contributed by atoms with Gasteiger partial charge in [0.15, 0.2) is 5.75 Å². The van der Waals surface area contributed by atoms with E-state index >= 15 is 0 Å². The number of hydrogen-bond acceptors (Lipinski definition) is 4. The van der Waals surface area contributed by atoms with E-state index in [-0.39, 0.29) is 17.3 Å². The van der Waals surface area contributed by atoms with Gasteiger partial charge in [0.05, 0.1) is 0 Å². The maximum absolute atomic E-state index is 13.2. The molecule has 6 heteroatoms. The Morgan fingerprint density at radius 3 is 2.94 bits per heavy atom. The first kappa shape index (κ1) is 10.1. The molecule has 80 valence electrons. The van der Waals surface area contributed by atoms with Crippen molar-refractivity contribution in [3.8, 4) is 17.8 Å². The Kier molecular flexibility index (Phi) is 2.52. The predicted molar refractivity (Wildman–Crippen MR) is 52.2 cm³/mol. The summed E-state index contributed by atoms with van der Waals surface area (Å²) >= 11 is 0. The van der Waals surface area contributed by atoms with Gasteiger partial charge in [0, 0.05) is 7.05 Å². The second-order valence-electron chi connectivity index (χ2n) is 3.03. The Morgan fingerprint density at radius 1 is 1.50 bits per heavy atom. The van der Waals surface area contributed by atoms with Crippen molar-refractivity contribution < 1.29 is 9.13 Å². The lowest BCUT2D eigenvalue weighted by atomic mass is 10.2. The van der Waals surface area contributed by atoms with E-state index in [1.165, 1.54) is 29.2 Å². The Morgan fingerprint density at radius 2 is 2.31 bits per heavy atom. The van der Waals surface area contributed by atoms with Crippen LogP contribution in [0.3, 0.4) is 0 Å². The molecule has 0 aliphatic rings. The van der Waals surface area contributed by atoms with Crippen LogP contribution in [0.15, 0.2) is 24.5 Å². The third-order valence-corrected chi connectivity index (χ3v) is 1.87. The summed E-state index contributed by atoms with van der Waals surface area (Å²) in [6.45, 7) is 0. The van der Waals surface area contributed by atoms with E-state index in [1.54, 1.807) is 13.1 Å². The normalized spacial score (nSPS) is 9.81. The lowest BCUT2D eigenvalue weighted by Gasteiger charge is -2.02. The number of benzene rings is 1. The van der Waals surface area contributed by atoms with Gasteiger partial charge in [0.2, 0.25) is 0 Å². The molecule has 1 heterocycles. The molecule has 0 aliphatic carbocycles. The second kappa shape index (κ2) is 3.98. The highest BCUT2D eigenvalue weighted by atomic mass is 19.1. The molecule has 0 amide bonds. The number of nitriles is 1. The molecular formula is C10H7FN4O. The molecule has 0 bridgehead atoms. The fraction of sp³-hybridized carbons (Fsp3) is 0.100. The molecule has 5 nitrogen and oxygen atoms in total. The van der Waals surface area contributed by atoms with E-state index in [9.17, 15) is 4.39 Å². The highest BCUT2D eigenvalue weighted by molar-refractivity contribution is 5.44. The zero-order valence-corrected chi connectivity index (χ0v) is 8.38. The highest BCUT2D eigenvalue weighted by Crippen LogP contribution is 2.23. The van der Waals surface area contributed by atoms with Gasteiger partial charge in [-0.25, -0.2) is 4.39 Å². The molecule has 0 atom stereocenters. The van der Waals surface area contributed by atoms with Gasteiger partial charge in [-0.05, 0) is 12.1 Å². The minimum absolute atomic E-state index is 0.0737. The Bertz CT molecular complexity index is 558. The SMILES string of the molecule is Cn1cnc(Oc2cccc(F)c2C#N)n1. The lowest BCUT2D eigenvalue weighted by Crippen LogP contribution is -1.94. The van der Waals surface area contributed by atoms with Crippen LogP contribution in [0, 0.1) is 17.1 Å². The Labute approximate surface area is 90.7 Å². The van der Waals surface area contributed by atoms with Gasteiger partial charge >= 0.3 is 6.01 Å². The van der Waals surface area contributed by atoms with Gasteiger partial charge < -0.3 is 4.74 Å². The average Bonchev–Trinajstić information content (AvgIpc) is 2.64. The number of hydrogen-bond donors (Lipinski definition) is 0. The first-order valence-corrected chi connectivity index (χ1v) is 4.43. The number of aryl methyl sites for hydroxylation is 1. The summed E-state index contributed by atoms with van der Waals surface area (Å²) in [5, 5.41) is 12.6. The number of aromatic nitrogens is 3. The van der Waals surface area contributed by atoms with Crippen molar-refractivity contribution in [3.63, 3.8) is 0 Å². The zero-order valence-electron chi connectivity index (χ0n) is 8.38. The van der Waals surface area contributed by atoms with Crippen molar-refractivity contribution >= 4 is 0 Å². The molecule has 0 unspecified atom stereocenters. The van der Waals surface area contributed by atoms with Gasteiger partial charge in [-0.15, -0.1) is 5.10 Å². The minimum atomic E-state index is -0.629. The maximum atomic E-state index is 13.2. The molecular weight excluding hydrogens is 211 g/mol. The molecule has 0 saturated heterocycles. The van der Waals surface area contributed by atoms with Crippen LogP contribution in [0.1, 0.15) is 5.56 Å².